The molecule has 1 amide bonds. The molecule has 0 spiro atoms. The van der Waals surface area contributed by atoms with E-state index in [9.17, 15) is 13.6 Å². The molecule has 2 atom stereocenters. The second-order valence-electron chi connectivity index (χ2n) is 7.17. The van der Waals surface area contributed by atoms with Crippen LogP contribution in [0.5, 0.6) is 0 Å². The topological polar surface area (TPSA) is 67.9 Å². The molecule has 0 saturated carbocycles. The van der Waals surface area contributed by atoms with Crippen LogP contribution in [-0.2, 0) is 21.5 Å². The van der Waals surface area contributed by atoms with Crippen molar-refractivity contribution in [1.29, 1.82) is 0 Å². The maximum atomic E-state index is 13.3. The van der Waals surface area contributed by atoms with Crippen LogP contribution in [0.15, 0.2) is 65.9 Å². The number of nitrogens with two attached hydrogens (primary N) is 1. The van der Waals surface area contributed by atoms with Gasteiger partial charge in [-0.2, -0.15) is 8.78 Å². The van der Waals surface area contributed by atoms with Gasteiger partial charge in [0.05, 0.1) is 0 Å². The average Bonchev–Trinajstić information content (AvgIpc) is 2.93. The van der Waals surface area contributed by atoms with Crippen LogP contribution >= 0.6 is 0 Å². The Morgan fingerprint density at radius 2 is 2.28 bits per heavy atom. The number of amides is 1. The van der Waals surface area contributed by atoms with E-state index >= 15 is 0 Å². The Balaban J connectivity index is 1.96. The normalized spacial score (nSPS) is 23.9. The number of carbonyl (C=O) groups is 1. The Kier molecular flexibility index (Phi) is 6.15. The van der Waals surface area contributed by atoms with Crippen LogP contribution in [0.3, 0.4) is 0 Å². The number of hydrogen-bond donors (Lipinski definition) is 1. The molecule has 5 nitrogen and oxygen atoms in total. The van der Waals surface area contributed by atoms with Crippen molar-refractivity contribution in [3.63, 3.8) is 0 Å². The summed E-state index contributed by atoms with van der Waals surface area (Å²) < 4.78 is 29.4. The molecule has 0 radical (unpaired) electrons. The Hall–Kier alpha value is -2.96. The summed E-state index contributed by atoms with van der Waals surface area (Å²) in [5.41, 5.74) is 6.61. The molecular weight excluding hydrogens is 376 g/mol. The largest absolute Gasteiger partial charge is 0.435 e. The lowest BCUT2D eigenvalue weighted by Gasteiger charge is -2.33. The van der Waals surface area contributed by atoms with E-state index in [4.69, 9.17) is 5.73 Å². The number of guanidine groups is 1. The number of aliphatic imine (C=N–C) groups is 1. The molecule has 29 heavy (non-hydrogen) atoms. The van der Waals surface area contributed by atoms with E-state index in [1.165, 1.54) is 11.0 Å². The fourth-order valence-electron chi connectivity index (χ4n) is 3.82. The van der Waals surface area contributed by atoms with Gasteiger partial charge in [-0.25, -0.2) is 4.99 Å². The zero-order valence-corrected chi connectivity index (χ0v) is 16.4. The number of rotatable bonds is 8. The minimum Gasteiger partial charge on any atom is -0.435 e. The second kappa shape index (κ2) is 8.59. The molecule has 1 unspecified atom stereocenters. The molecule has 0 fully saturated rings. The van der Waals surface area contributed by atoms with Crippen molar-refractivity contribution in [2.45, 2.75) is 37.8 Å². The van der Waals surface area contributed by atoms with Crippen LogP contribution in [0.4, 0.5) is 8.78 Å². The predicted octanol–water partition coefficient (Wildman–Crippen LogP) is 3.88. The summed E-state index contributed by atoms with van der Waals surface area (Å²) >= 11 is 0. The number of nitrogens with zero attached hydrogens (tertiary/aromatic N) is 2. The third kappa shape index (κ3) is 4.09. The lowest BCUT2D eigenvalue weighted by molar-refractivity contribution is -0.132. The summed E-state index contributed by atoms with van der Waals surface area (Å²) in [7, 11) is 1.59. The number of halogens is 2. The van der Waals surface area contributed by atoms with Gasteiger partial charge in [0.15, 0.2) is 11.5 Å². The van der Waals surface area contributed by atoms with Crippen molar-refractivity contribution in [3.8, 4) is 0 Å². The Bertz CT molecular complexity index is 879. The Morgan fingerprint density at radius 3 is 2.86 bits per heavy atom. The van der Waals surface area contributed by atoms with Crippen LogP contribution in [0.2, 0.25) is 0 Å². The molecule has 154 valence electrons. The fraction of sp³-hybridized carbons (Fsp3) is 0.364. The average molecular weight is 401 g/mol. The molecule has 0 saturated heterocycles. The molecule has 0 bridgehead atoms. The van der Waals surface area contributed by atoms with E-state index in [0.29, 0.717) is 6.42 Å². The Morgan fingerprint density at radius 1 is 1.48 bits per heavy atom. The van der Waals surface area contributed by atoms with Gasteiger partial charge in [0.25, 0.3) is 5.91 Å². The van der Waals surface area contributed by atoms with Gasteiger partial charge in [0.2, 0.25) is 0 Å². The summed E-state index contributed by atoms with van der Waals surface area (Å²) in [6.07, 6.45) is 9.66. The van der Waals surface area contributed by atoms with Gasteiger partial charge in [-0.3, -0.25) is 9.69 Å². The number of carbonyl (C=O) groups excluding carboxylic acids is 1. The van der Waals surface area contributed by atoms with E-state index in [2.05, 4.69) is 16.3 Å². The standard InChI is InChI=1S/C22H25F2N3O2/c1-3-4-5-7-15-8-6-9-17(14-15)22(19(28)27(2)21(25)26-22)16-10-12-18(13-11-16)29-20(23)24/h3,6,8-10,12-14,16,20H,1,4-5,7,11H2,2H3,(H2,25,26)/t16?,22-/m1/s1. The highest BCUT2D eigenvalue weighted by molar-refractivity contribution is 6.07. The van der Waals surface area contributed by atoms with Crippen LogP contribution in [0, 0.1) is 5.92 Å². The lowest BCUT2D eigenvalue weighted by Crippen LogP contribution is -2.44. The van der Waals surface area contributed by atoms with E-state index < -0.39 is 12.2 Å². The summed E-state index contributed by atoms with van der Waals surface area (Å²) in [5.74, 6) is -0.383. The fourth-order valence-corrected chi connectivity index (χ4v) is 3.82. The maximum Gasteiger partial charge on any atom is 0.387 e. The molecule has 0 aromatic heterocycles. The smallest absolute Gasteiger partial charge is 0.387 e. The number of likely N-dealkylation sites (N-methyl/N-ethyl adjacent to an activating group) is 1. The van der Waals surface area contributed by atoms with Crippen LogP contribution < -0.4 is 5.73 Å². The van der Waals surface area contributed by atoms with Crippen molar-refractivity contribution in [1.82, 2.24) is 4.90 Å². The van der Waals surface area contributed by atoms with Crippen molar-refractivity contribution >= 4 is 11.9 Å². The van der Waals surface area contributed by atoms with Crippen LogP contribution in [0.1, 0.15) is 30.4 Å². The van der Waals surface area contributed by atoms with Crippen molar-refractivity contribution in [2.75, 3.05) is 7.05 Å². The maximum absolute atomic E-state index is 13.3. The molecule has 3 rings (SSSR count). The molecule has 1 aromatic rings. The highest BCUT2D eigenvalue weighted by Gasteiger charge is 2.52. The van der Waals surface area contributed by atoms with Crippen molar-refractivity contribution < 1.29 is 18.3 Å². The lowest BCUT2D eigenvalue weighted by atomic mass is 9.74. The number of aryl methyl sites for hydroxylation is 1. The summed E-state index contributed by atoms with van der Waals surface area (Å²) in [4.78, 5) is 19.2. The summed E-state index contributed by atoms with van der Waals surface area (Å²) in [6, 6.07) is 7.78. The molecule has 1 heterocycles. The third-order valence-electron chi connectivity index (χ3n) is 5.33. The minimum atomic E-state index is -2.89. The second-order valence-corrected chi connectivity index (χ2v) is 7.17. The van der Waals surface area contributed by atoms with Gasteiger partial charge in [-0.1, -0.05) is 36.4 Å². The monoisotopic (exact) mass is 401 g/mol. The number of ether oxygens (including phenoxy) is 1. The first-order valence-electron chi connectivity index (χ1n) is 9.55. The molecule has 7 heteroatoms. The quantitative estimate of drug-likeness (QED) is 0.531. The van der Waals surface area contributed by atoms with E-state index in [-0.39, 0.29) is 23.5 Å². The van der Waals surface area contributed by atoms with Gasteiger partial charge in [0.1, 0.15) is 5.76 Å². The number of benzene rings is 1. The van der Waals surface area contributed by atoms with Crippen molar-refractivity contribution in [2.24, 2.45) is 16.6 Å². The molecule has 2 aliphatic rings. The van der Waals surface area contributed by atoms with Crippen LogP contribution in [-0.4, -0.2) is 30.4 Å². The molecule has 1 aliphatic heterocycles. The molecule has 1 aliphatic carbocycles. The number of allylic oxidation sites excluding steroid dienone is 3. The summed E-state index contributed by atoms with van der Waals surface area (Å²) in [6.45, 7) is 0.851. The highest BCUT2D eigenvalue weighted by Crippen LogP contribution is 2.43. The van der Waals surface area contributed by atoms with Crippen LogP contribution in [0.25, 0.3) is 0 Å². The van der Waals surface area contributed by atoms with Gasteiger partial charge < -0.3 is 10.5 Å². The zero-order chi connectivity index (χ0) is 21.0. The minimum absolute atomic E-state index is 0.0836. The number of alkyl halides is 2. The summed E-state index contributed by atoms with van der Waals surface area (Å²) in [5, 5.41) is 0. The van der Waals surface area contributed by atoms with Gasteiger partial charge in [-0.15, -0.1) is 6.58 Å². The molecular formula is C22H25F2N3O2. The third-order valence-corrected chi connectivity index (χ3v) is 5.33. The first-order valence-corrected chi connectivity index (χ1v) is 9.55. The van der Waals surface area contributed by atoms with Gasteiger partial charge >= 0.3 is 6.61 Å². The SMILES string of the molecule is C=CCCCc1cccc([C@@]2(C3C=CC(OC(F)F)=CC3)N=C(N)N(C)C2=O)c1. The first-order chi connectivity index (χ1) is 13.9. The van der Waals surface area contributed by atoms with E-state index in [1.54, 1.807) is 19.2 Å². The first kappa shape index (κ1) is 20.8. The van der Waals surface area contributed by atoms with E-state index in [0.717, 1.165) is 30.4 Å². The molecule has 1 aromatic carbocycles. The number of unbranched alkanes of at least 4 members (excludes halogenated alkanes) is 1. The highest BCUT2D eigenvalue weighted by atomic mass is 19.3. The van der Waals surface area contributed by atoms with Gasteiger partial charge in [0, 0.05) is 13.0 Å². The van der Waals surface area contributed by atoms with E-state index in [1.807, 2.05) is 30.3 Å². The van der Waals surface area contributed by atoms with Gasteiger partial charge in [-0.05, 0) is 49.0 Å². The van der Waals surface area contributed by atoms with Crippen molar-refractivity contribution in [3.05, 3.63) is 72.0 Å². The zero-order valence-electron chi connectivity index (χ0n) is 16.4. The predicted molar refractivity (Wildman–Crippen MR) is 108 cm³/mol. The Labute approximate surface area is 169 Å². The molecule has 2 N–H and O–H groups in total. The number of hydrogen-bond acceptors (Lipinski definition) is 4.